The van der Waals surface area contributed by atoms with Gasteiger partial charge >= 0.3 is 0 Å². The number of carbonyl (C=O) groups excluding carboxylic acids is 3. The summed E-state index contributed by atoms with van der Waals surface area (Å²) < 4.78 is 0. The van der Waals surface area contributed by atoms with Crippen LogP contribution >= 0.6 is 23.2 Å². The second-order valence-electron chi connectivity index (χ2n) is 4.71. The molecule has 1 aromatic rings. The Bertz CT molecular complexity index is 557. The van der Waals surface area contributed by atoms with E-state index in [-0.39, 0.29) is 28.1 Å². The van der Waals surface area contributed by atoms with Crippen molar-refractivity contribution >= 4 is 41.3 Å². The van der Waals surface area contributed by atoms with E-state index in [1.807, 2.05) is 0 Å². The Morgan fingerprint density at radius 1 is 1.33 bits per heavy atom. The molecule has 5 nitrogen and oxygen atoms in total. The highest BCUT2D eigenvalue weighted by atomic mass is 35.5. The smallest absolute Gasteiger partial charge is 0.254 e. The number of benzene rings is 1. The minimum absolute atomic E-state index is 0.141. The van der Waals surface area contributed by atoms with Crippen molar-refractivity contribution in [2.24, 2.45) is 0 Å². The number of hydrogen-bond donors (Lipinski definition) is 1. The monoisotopic (exact) mass is 328 g/mol. The number of carbonyl (C=O) groups is 3. The molecule has 1 fully saturated rings. The van der Waals surface area contributed by atoms with Gasteiger partial charge in [-0.2, -0.15) is 0 Å². The first-order valence-electron chi connectivity index (χ1n) is 6.51. The van der Waals surface area contributed by atoms with E-state index in [4.69, 9.17) is 23.2 Å². The Labute approximate surface area is 132 Å². The third kappa shape index (κ3) is 3.54. The van der Waals surface area contributed by atoms with Crippen LogP contribution in [-0.2, 0) is 9.59 Å². The van der Waals surface area contributed by atoms with Gasteiger partial charge in [0.15, 0.2) is 0 Å². The molecule has 7 heteroatoms. The number of nitrogens with one attached hydrogen (secondary N) is 1. The summed E-state index contributed by atoms with van der Waals surface area (Å²) in [6.07, 6.45) is 2.22. The van der Waals surface area contributed by atoms with Gasteiger partial charge in [0.05, 0.1) is 28.2 Å². The molecule has 1 N–H and O–H groups in total. The van der Waals surface area contributed by atoms with E-state index < -0.39 is 11.9 Å². The summed E-state index contributed by atoms with van der Waals surface area (Å²) in [5.74, 6) is -0.804. The van der Waals surface area contributed by atoms with Crippen molar-refractivity contribution in [3.05, 3.63) is 33.8 Å². The fourth-order valence-electron chi connectivity index (χ4n) is 2.30. The van der Waals surface area contributed by atoms with Crippen LogP contribution in [0.2, 0.25) is 10.0 Å². The average molecular weight is 329 g/mol. The first-order valence-corrected chi connectivity index (χ1v) is 7.27. The van der Waals surface area contributed by atoms with Gasteiger partial charge in [0.25, 0.3) is 5.91 Å². The van der Waals surface area contributed by atoms with Gasteiger partial charge in [-0.15, -0.1) is 0 Å². The summed E-state index contributed by atoms with van der Waals surface area (Å²) in [5.41, 5.74) is 0.141. The zero-order chi connectivity index (χ0) is 15.4. The second kappa shape index (κ2) is 6.91. The van der Waals surface area contributed by atoms with Crippen LogP contribution in [0.3, 0.4) is 0 Å². The summed E-state index contributed by atoms with van der Waals surface area (Å²) in [5, 5.41) is 2.93. The summed E-state index contributed by atoms with van der Waals surface area (Å²) in [4.78, 5) is 36.4. The minimum Gasteiger partial charge on any atom is -0.343 e. The van der Waals surface area contributed by atoms with Crippen LogP contribution < -0.4 is 5.32 Å². The first-order chi connectivity index (χ1) is 10.0. The van der Waals surface area contributed by atoms with Crippen molar-refractivity contribution in [3.8, 4) is 0 Å². The Morgan fingerprint density at radius 3 is 2.62 bits per heavy atom. The lowest BCUT2D eigenvalue weighted by Gasteiger charge is -2.20. The maximum absolute atomic E-state index is 12.0. The molecule has 0 unspecified atom stereocenters. The van der Waals surface area contributed by atoms with Crippen molar-refractivity contribution in [2.75, 3.05) is 13.1 Å². The molecule has 0 aromatic heterocycles. The van der Waals surface area contributed by atoms with Crippen LogP contribution in [0.25, 0.3) is 0 Å². The lowest BCUT2D eigenvalue weighted by atomic mass is 10.2. The standard InChI is InChI=1S/C14H14Cl2N2O3/c15-10-4-1-5-11(16)13(10)14(21)17-7-12(20)18-6-2-3-9(18)8-19/h1,4-5,8-9H,2-3,6-7H2,(H,17,21)/t9-/m0/s1. The van der Waals surface area contributed by atoms with Crippen LogP contribution in [0.15, 0.2) is 18.2 Å². The highest BCUT2D eigenvalue weighted by Crippen LogP contribution is 2.24. The Hall–Kier alpha value is -1.59. The van der Waals surface area contributed by atoms with Gasteiger partial charge in [-0.3, -0.25) is 9.59 Å². The normalized spacial score (nSPS) is 17.6. The molecule has 112 valence electrons. The lowest BCUT2D eigenvalue weighted by Crippen LogP contribution is -2.43. The molecule has 21 heavy (non-hydrogen) atoms. The van der Waals surface area contributed by atoms with Crippen molar-refractivity contribution in [1.29, 1.82) is 0 Å². The number of amides is 2. The van der Waals surface area contributed by atoms with Crippen molar-refractivity contribution in [3.63, 3.8) is 0 Å². The molecule has 1 heterocycles. The van der Waals surface area contributed by atoms with E-state index in [9.17, 15) is 14.4 Å². The predicted octanol–water partition coefficient (Wildman–Crippen LogP) is 1.91. The number of halogens is 2. The van der Waals surface area contributed by atoms with E-state index in [1.165, 1.54) is 4.90 Å². The molecule has 0 aliphatic carbocycles. The molecular formula is C14H14Cl2N2O3. The van der Waals surface area contributed by atoms with E-state index in [2.05, 4.69) is 5.32 Å². The molecule has 0 spiro atoms. The number of aldehydes is 1. The summed E-state index contributed by atoms with van der Waals surface area (Å²) in [6, 6.07) is 4.34. The molecule has 0 radical (unpaired) electrons. The fourth-order valence-corrected chi connectivity index (χ4v) is 2.87. The van der Waals surface area contributed by atoms with E-state index in [0.29, 0.717) is 13.0 Å². The maximum Gasteiger partial charge on any atom is 0.254 e. The molecule has 1 saturated heterocycles. The zero-order valence-corrected chi connectivity index (χ0v) is 12.7. The Balaban J connectivity index is 1.98. The van der Waals surface area contributed by atoms with Crippen LogP contribution in [0.4, 0.5) is 0 Å². The SMILES string of the molecule is O=C[C@@H]1CCCN1C(=O)CNC(=O)c1c(Cl)cccc1Cl. The number of hydrogen-bond acceptors (Lipinski definition) is 3. The minimum atomic E-state index is -0.513. The Morgan fingerprint density at radius 2 is 2.00 bits per heavy atom. The summed E-state index contributed by atoms with van der Waals surface area (Å²) >= 11 is 11.9. The molecule has 1 aromatic carbocycles. The number of rotatable bonds is 4. The first kappa shape index (κ1) is 15.8. The zero-order valence-electron chi connectivity index (χ0n) is 11.1. The van der Waals surface area contributed by atoms with E-state index in [0.717, 1.165) is 12.7 Å². The van der Waals surface area contributed by atoms with Crippen molar-refractivity contribution < 1.29 is 14.4 Å². The topological polar surface area (TPSA) is 66.5 Å². The van der Waals surface area contributed by atoms with Crippen LogP contribution in [0, 0.1) is 0 Å². The molecule has 0 bridgehead atoms. The largest absolute Gasteiger partial charge is 0.343 e. The average Bonchev–Trinajstić information content (AvgIpc) is 2.93. The highest BCUT2D eigenvalue weighted by Gasteiger charge is 2.28. The maximum atomic E-state index is 12.0. The van der Waals surface area contributed by atoms with Crippen molar-refractivity contribution in [1.82, 2.24) is 10.2 Å². The van der Waals surface area contributed by atoms with Crippen LogP contribution in [0.1, 0.15) is 23.2 Å². The van der Waals surface area contributed by atoms with E-state index in [1.54, 1.807) is 18.2 Å². The third-order valence-corrected chi connectivity index (χ3v) is 4.00. The van der Waals surface area contributed by atoms with Gasteiger partial charge in [0.2, 0.25) is 5.91 Å². The van der Waals surface area contributed by atoms with Gasteiger partial charge in [-0.25, -0.2) is 0 Å². The van der Waals surface area contributed by atoms with Crippen molar-refractivity contribution in [2.45, 2.75) is 18.9 Å². The molecule has 1 atom stereocenters. The highest BCUT2D eigenvalue weighted by molar-refractivity contribution is 6.39. The fraction of sp³-hybridized carbons (Fsp3) is 0.357. The van der Waals surface area contributed by atoms with Crippen LogP contribution in [0.5, 0.6) is 0 Å². The number of likely N-dealkylation sites (tertiary alicyclic amines) is 1. The van der Waals surface area contributed by atoms with Gasteiger partial charge < -0.3 is 15.0 Å². The molecular weight excluding hydrogens is 315 g/mol. The van der Waals surface area contributed by atoms with Gasteiger partial charge in [-0.05, 0) is 25.0 Å². The molecule has 1 aliphatic rings. The second-order valence-corrected chi connectivity index (χ2v) is 5.53. The van der Waals surface area contributed by atoms with Gasteiger partial charge in [0.1, 0.15) is 6.29 Å². The quantitative estimate of drug-likeness (QED) is 0.858. The summed E-state index contributed by atoms with van der Waals surface area (Å²) in [7, 11) is 0. The Kier molecular flexibility index (Phi) is 5.20. The van der Waals surface area contributed by atoms with E-state index >= 15 is 0 Å². The number of nitrogens with zero attached hydrogens (tertiary/aromatic N) is 1. The van der Waals surface area contributed by atoms with Gasteiger partial charge in [0, 0.05) is 6.54 Å². The molecule has 0 saturated carbocycles. The lowest BCUT2D eigenvalue weighted by molar-refractivity contribution is -0.133. The molecule has 2 amide bonds. The van der Waals surface area contributed by atoms with Gasteiger partial charge in [-0.1, -0.05) is 29.3 Å². The third-order valence-electron chi connectivity index (χ3n) is 3.37. The predicted molar refractivity (Wildman–Crippen MR) is 79.6 cm³/mol. The van der Waals surface area contributed by atoms with Crippen LogP contribution in [-0.4, -0.2) is 42.1 Å². The summed E-state index contributed by atoms with van der Waals surface area (Å²) in [6.45, 7) is 0.343. The molecule has 1 aliphatic heterocycles. The molecule has 2 rings (SSSR count).